The van der Waals surface area contributed by atoms with Crippen molar-refractivity contribution < 1.29 is 9.18 Å². The third-order valence-electron chi connectivity index (χ3n) is 3.94. The molecule has 1 fully saturated rings. The molecular weight excluding hydrogens is 239 g/mol. The van der Waals surface area contributed by atoms with Gasteiger partial charge in [-0.2, -0.15) is 0 Å². The SMILES string of the molecule is O=Cc1ccc(-c2ccccc2C2CCC2)cc1F. The van der Waals surface area contributed by atoms with Crippen molar-refractivity contribution in [1.29, 1.82) is 0 Å². The lowest BCUT2D eigenvalue weighted by molar-refractivity contribution is 0.112. The van der Waals surface area contributed by atoms with Crippen molar-refractivity contribution in [2.24, 2.45) is 0 Å². The number of benzene rings is 2. The zero-order chi connectivity index (χ0) is 13.2. The topological polar surface area (TPSA) is 17.1 Å². The van der Waals surface area contributed by atoms with E-state index >= 15 is 0 Å². The van der Waals surface area contributed by atoms with Crippen molar-refractivity contribution in [2.45, 2.75) is 25.2 Å². The van der Waals surface area contributed by atoms with Gasteiger partial charge in [-0.05, 0) is 47.6 Å². The zero-order valence-corrected chi connectivity index (χ0v) is 10.6. The van der Waals surface area contributed by atoms with E-state index in [0.717, 1.165) is 11.1 Å². The van der Waals surface area contributed by atoms with E-state index < -0.39 is 5.82 Å². The molecule has 3 rings (SSSR count). The number of carbonyl (C=O) groups is 1. The van der Waals surface area contributed by atoms with Crippen molar-refractivity contribution in [3.8, 4) is 11.1 Å². The van der Waals surface area contributed by atoms with E-state index in [9.17, 15) is 9.18 Å². The predicted octanol–water partition coefficient (Wildman–Crippen LogP) is 4.57. The lowest BCUT2D eigenvalue weighted by Crippen LogP contribution is -2.09. The van der Waals surface area contributed by atoms with Crippen LogP contribution >= 0.6 is 0 Å². The van der Waals surface area contributed by atoms with E-state index in [4.69, 9.17) is 0 Å². The molecule has 0 unspecified atom stereocenters. The van der Waals surface area contributed by atoms with Gasteiger partial charge in [-0.1, -0.05) is 36.8 Å². The summed E-state index contributed by atoms with van der Waals surface area (Å²) in [6, 6.07) is 13.0. The molecule has 2 aromatic rings. The lowest BCUT2D eigenvalue weighted by Gasteiger charge is -2.28. The summed E-state index contributed by atoms with van der Waals surface area (Å²) < 4.78 is 13.7. The average Bonchev–Trinajstić information content (AvgIpc) is 2.37. The highest BCUT2D eigenvalue weighted by Gasteiger charge is 2.22. The van der Waals surface area contributed by atoms with Gasteiger partial charge in [-0.15, -0.1) is 0 Å². The molecule has 1 aliphatic rings. The van der Waals surface area contributed by atoms with Gasteiger partial charge in [0.1, 0.15) is 5.82 Å². The van der Waals surface area contributed by atoms with Crippen LogP contribution in [0.5, 0.6) is 0 Å². The quantitative estimate of drug-likeness (QED) is 0.733. The van der Waals surface area contributed by atoms with E-state index in [1.807, 2.05) is 24.3 Å². The first-order valence-corrected chi connectivity index (χ1v) is 6.63. The van der Waals surface area contributed by atoms with Crippen molar-refractivity contribution in [2.75, 3.05) is 0 Å². The Hall–Kier alpha value is -1.96. The zero-order valence-electron chi connectivity index (χ0n) is 10.6. The fourth-order valence-corrected chi connectivity index (χ4v) is 2.63. The largest absolute Gasteiger partial charge is 0.298 e. The molecule has 0 amide bonds. The minimum Gasteiger partial charge on any atom is -0.298 e. The lowest BCUT2D eigenvalue weighted by atomic mass is 9.77. The Morgan fingerprint density at radius 3 is 2.53 bits per heavy atom. The van der Waals surface area contributed by atoms with Crippen LogP contribution in [0.4, 0.5) is 4.39 Å². The minimum absolute atomic E-state index is 0.116. The molecule has 0 heterocycles. The smallest absolute Gasteiger partial charge is 0.152 e. The van der Waals surface area contributed by atoms with Gasteiger partial charge in [0.2, 0.25) is 0 Å². The van der Waals surface area contributed by atoms with E-state index in [1.54, 1.807) is 6.07 Å². The molecule has 0 aliphatic heterocycles. The Bertz CT molecular complexity index is 614. The van der Waals surface area contributed by atoms with Crippen LogP contribution in [-0.4, -0.2) is 6.29 Å². The first-order chi connectivity index (χ1) is 9.29. The fraction of sp³-hybridized carbons (Fsp3) is 0.235. The van der Waals surface area contributed by atoms with Gasteiger partial charge in [0, 0.05) is 0 Å². The van der Waals surface area contributed by atoms with Crippen molar-refractivity contribution >= 4 is 6.29 Å². The van der Waals surface area contributed by atoms with Crippen LogP contribution in [0.2, 0.25) is 0 Å². The van der Waals surface area contributed by atoms with Gasteiger partial charge in [0.25, 0.3) is 0 Å². The standard InChI is InChI=1S/C17H15FO/c18-17-10-13(8-9-14(17)11-19)16-7-2-1-6-15(16)12-4-3-5-12/h1-2,6-12H,3-5H2. The second kappa shape index (κ2) is 4.96. The molecule has 1 nitrogen and oxygen atoms in total. The monoisotopic (exact) mass is 254 g/mol. The highest BCUT2D eigenvalue weighted by atomic mass is 19.1. The third kappa shape index (κ3) is 2.19. The molecule has 19 heavy (non-hydrogen) atoms. The maximum absolute atomic E-state index is 13.7. The van der Waals surface area contributed by atoms with E-state index in [-0.39, 0.29) is 5.56 Å². The molecule has 0 aromatic heterocycles. The summed E-state index contributed by atoms with van der Waals surface area (Å²) in [5.74, 6) is 0.154. The van der Waals surface area contributed by atoms with Crippen LogP contribution in [0.1, 0.15) is 41.1 Å². The second-order valence-corrected chi connectivity index (χ2v) is 5.07. The highest BCUT2D eigenvalue weighted by molar-refractivity contribution is 5.78. The Morgan fingerprint density at radius 1 is 1.11 bits per heavy atom. The van der Waals surface area contributed by atoms with Gasteiger partial charge in [-0.3, -0.25) is 4.79 Å². The molecule has 0 atom stereocenters. The number of halogens is 1. The number of hydrogen-bond acceptors (Lipinski definition) is 1. The van der Waals surface area contributed by atoms with Crippen LogP contribution in [0.15, 0.2) is 42.5 Å². The Kier molecular flexibility index (Phi) is 3.16. The molecule has 2 heteroatoms. The molecular formula is C17H15FO. The molecule has 1 aliphatic carbocycles. The first-order valence-electron chi connectivity index (χ1n) is 6.63. The summed E-state index contributed by atoms with van der Waals surface area (Å²) in [5.41, 5.74) is 3.35. The summed E-state index contributed by atoms with van der Waals surface area (Å²) in [7, 11) is 0. The van der Waals surface area contributed by atoms with Crippen molar-refractivity contribution in [3.63, 3.8) is 0 Å². The number of hydrogen-bond donors (Lipinski definition) is 0. The Morgan fingerprint density at radius 2 is 1.89 bits per heavy atom. The molecule has 2 aromatic carbocycles. The molecule has 0 spiro atoms. The molecule has 0 saturated heterocycles. The van der Waals surface area contributed by atoms with Gasteiger partial charge in [0.15, 0.2) is 6.29 Å². The third-order valence-corrected chi connectivity index (χ3v) is 3.94. The van der Waals surface area contributed by atoms with Crippen molar-refractivity contribution in [3.05, 3.63) is 59.4 Å². The number of carbonyl (C=O) groups excluding carboxylic acids is 1. The van der Waals surface area contributed by atoms with Gasteiger partial charge in [-0.25, -0.2) is 4.39 Å². The number of rotatable bonds is 3. The van der Waals surface area contributed by atoms with Crippen LogP contribution < -0.4 is 0 Å². The second-order valence-electron chi connectivity index (χ2n) is 5.07. The first kappa shape index (κ1) is 12.1. The Labute approximate surface area is 112 Å². The van der Waals surface area contributed by atoms with E-state index in [2.05, 4.69) is 6.07 Å². The van der Waals surface area contributed by atoms with Gasteiger partial charge in [0.05, 0.1) is 5.56 Å². The average molecular weight is 254 g/mol. The van der Waals surface area contributed by atoms with Crippen LogP contribution in [-0.2, 0) is 0 Å². The summed E-state index contributed by atoms with van der Waals surface area (Å²) in [5, 5.41) is 0. The van der Waals surface area contributed by atoms with Crippen molar-refractivity contribution in [1.82, 2.24) is 0 Å². The summed E-state index contributed by atoms with van der Waals surface area (Å²) in [6.07, 6.45) is 4.26. The summed E-state index contributed by atoms with van der Waals surface area (Å²) in [6.45, 7) is 0. The minimum atomic E-state index is -0.448. The molecule has 0 N–H and O–H groups in total. The molecule has 96 valence electrons. The van der Waals surface area contributed by atoms with Gasteiger partial charge >= 0.3 is 0 Å². The van der Waals surface area contributed by atoms with E-state index in [1.165, 1.54) is 30.9 Å². The molecule has 0 bridgehead atoms. The fourth-order valence-electron chi connectivity index (χ4n) is 2.63. The maximum atomic E-state index is 13.7. The molecule has 1 saturated carbocycles. The number of aldehydes is 1. The predicted molar refractivity (Wildman–Crippen MR) is 73.8 cm³/mol. The summed E-state index contributed by atoms with van der Waals surface area (Å²) in [4.78, 5) is 10.7. The summed E-state index contributed by atoms with van der Waals surface area (Å²) >= 11 is 0. The van der Waals surface area contributed by atoms with Gasteiger partial charge < -0.3 is 0 Å². The van der Waals surface area contributed by atoms with Crippen LogP contribution in [0.25, 0.3) is 11.1 Å². The Balaban J connectivity index is 2.06. The highest BCUT2D eigenvalue weighted by Crippen LogP contribution is 2.41. The molecule has 0 radical (unpaired) electrons. The van der Waals surface area contributed by atoms with Crippen LogP contribution in [0, 0.1) is 5.82 Å². The maximum Gasteiger partial charge on any atom is 0.152 e. The van der Waals surface area contributed by atoms with Crippen LogP contribution in [0.3, 0.4) is 0 Å². The normalized spacial score (nSPS) is 15.0. The van der Waals surface area contributed by atoms with E-state index in [0.29, 0.717) is 12.2 Å².